The number of aromatic amines is 1. The van der Waals surface area contributed by atoms with E-state index in [1.165, 1.54) is 22.2 Å². The van der Waals surface area contributed by atoms with Crippen molar-refractivity contribution >= 4 is 10.9 Å². The van der Waals surface area contributed by atoms with E-state index >= 15 is 0 Å². The molecule has 1 aliphatic heterocycles. The largest absolute Gasteiger partial charge is 0.497 e. The SMILES string of the molecule is COc1ccc2c(c1)C(c1c(C)[nH]c3ccccc13)c1ccccc1O2. The van der Waals surface area contributed by atoms with E-state index in [1.54, 1.807) is 7.11 Å². The van der Waals surface area contributed by atoms with Gasteiger partial charge in [0.1, 0.15) is 17.2 Å². The molecular formula is C23H19NO2. The molecule has 128 valence electrons. The Balaban J connectivity index is 1.84. The average molecular weight is 341 g/mol. The van der Waals surface area contributed by atoms with Crippen LogP contribution in [0.25, 0.3) is 10.9 Å². The number of nitrogens with one attached hydrogen (secondary N) is 1. The first-order valence-electron chi connectivity index (χ1n) is 8.78. The van der Waals surface area contributed by atoms with Crippen molar-refractivity contribution in [3.05, 3.63) is 89.1 Å². The van der Waals surface area contributed by atoms with Crippen LogP contribution in [-0.2, 0) is 0 Å². The highest BCUT2D eigenvalue weighted by atomic mass is 16.5. The predicted molar refractivity (Wildman–Crippen MR) is 103 cm³/mol. The molecule has 4 aromatic rings. The molecule has 0 aliphatic carbocycles. The Morgan fingerprint density at radius 1 is 0.885 bits per heavy atom. The first kappa shape index (κ1) is 15.1. The maximum atomic E-state index is 6.19. The number of hydrogen-bond acceptors (Lipinski definition) is 2. The van der Waals surface area contributed by atoms with Crippen molar-refractivity contribution in [1.29, 1.82) is 0 Å². The highest BCUT2D eigenvalue weighted by Crippen LogP contribution is 2.50. The fraction of sp³-hybridized carbons (Fsp3) is 0.130. The van der Waals surface area contributed by atoms with Crippen LogP contribution in [0.15, 0.2) is 66.7 Å². The van der Waals surface area contributed by atoms with Gasteiger partial charge < -0.3 is 14.5 Å². The van der Waals surface area contributed by atoms with Crippen LogP contribution in [0.2, 0.25) is 0 Å². The van der Waals surface area contributed by atoms with E-state index in [0.717, 1.165) is 28.3 Å². The monoisotopic (exact) mass is 341 g/mol. The summed E-state index contributed by atoms with van der Waals surface area (Å²) in [5.41, 5.74) is 5.96. The van der Waals surface area contributed by atoms with Crippen molar-refractivity contribution in [1.82, 2.24) is 4.98 Å². The lowest BCUT2D eigenvalue weighted by Gasteiger charge is -2.29. The first-order chi connectivity index (χ1) is 12.8. The third-order valence-corrected chi connectivity index (χ3v) is 5.21. The molecule has 0 spiro atoms. The molecule has 1 aromatic heterocycles. The van der Waals surface area contributed by atoms with Gasteiger partial charge in [0, 0.05) is 33.6 Å². The van der Waals surface area contributed by atoms with E-state index in [1.807, 2.05) is 24.3 Å². The van der Waals surface area contributed by atoms with Gasteiger partial charge in [-0.05, 0) is 42.8 Å². The van der Waals surface area contributed by atoms with E-state index in [0.29, 0.717) is 0 Å². The summed E-state index contributed by atoms with van der Waals surface area (Å²) in [7, 11) is 1.70. The average Bonchev–Trinajstić information content (AvgIpc) is 3.01. The molecule has 0 fully saturated rings. The van der Waals surface area contributed by atoms with Crippen LogP contribution in [0.3, 0.4) is 0 Å². The Hall–Kier alpha value is -3.20. The van der Waals surface area contributed by atoms with Crippen LogP contribution in [0.1, 0.15) is 28.3 Å². The molecule has 0 bridgehead atoms. The van der Waals surface area contributed by atoms with Crippen LogP contribution in [0.4, 0.5) is 0 Å². The Labute approximate surface area is 152 Å². The third-order valence-electron chi connectivity index (χ3n) is 5.21. The molecule has 1 N–H and O–H groups in total. The molecule has 0 saturated heterocycles. The topological polar surface area (TPSA) is 34.2 Å². The van der Waals surface area contributed by atoms with Gasteiger partial charge in [-0.25, -0.2) is 0 Å². The van der Waals surface area contributed by atoms with E-state index in [9.17, 15) is 0 Å². The zero-order valence-corrected chi connectivity index (χ0v) is 14.7. The number of aryl methyl sites for hydroxylation is 1. The lowest BCUT2D eigenvalue weighted by Crippen LogP contribution is -2.12. The minimum absolute atomic E-state index is 0.0983. The molecular weight excluding hydrogens is 322 g/mol. The predicted octanol–water partition coefficient (Wildman–Crippen LogP) is 5.77. The minimum Gasteiger partial charge on any atom is -0.497 e. The van der Waals surface area contributed by atoms with Gasteiger partial charge in [0.05, 0.1) is 7.11 Å². The summed E-state index contributed by atoms with van der Waals surface area (Å²) in [5.74, 6) is 2.74. The van der Waals surface area contributed by atoms with Crippen LogP contribution in [0.5, 0.6) is 17.2 Å². The van der Waals surface area contributed by atoms with Gasteiger partial charge in [0.25, 0.3) is 0 Å². The molecule has 5 rings (SSSR count). The van der Waals surface area contributed by atoms with E-state index in [2.05, 4.69) is 54.4 Å². The highest BCUT2D eigenvalue weighted by molar-refractivity contribution is 5.87. The summed E-state index contributed by atoms with van der Waals surface area (Å²) in [6.07, 6.45) is 0. The quantitative estimate of drug-likeness (QED) is 0.442. The highest BCUT2D eigenvalue weighted by Gasteiger charge is 2.31. The number of rotatable bonds is 2. The standard InChI is InChI=1S/C23H19NO2/c1-14-22(16-7-3-5-9-19(16)24-14)23-17-8-4-6-10-20(17)26-21-12-11-15(25-2)13-18(21)23/h3-13,23-24H,1-2H3. The number of ether oxygens (including phenoxy) is 2. The molecule has 1 aliphatic rings. The Bertz CT molecular complexity index is 1130. The van der Waals surface area contributed by atoms with Crippen LogP contribution in [-0.4, -0.2) is 12.1 Å². The lowest BCUT2D eigenvalue weighted by atomic mass is 9.81. The van der Waals surface area contributed by atoms with Crippen molar-refractivity contribution in [2.24, 2.45) is 0 Å². The van der Waals surface area contributed by atoms with E-state index in [-0.39, 0.29) is 5.92 Å². The number of benzene rings is 3. The normalized spacial score (nSPS) is 15.2. The van der Waals surface area contributed by atoms with Gasteiger partial charge in [-0.3, -0.25) is 0 Å². The zero-order chi connectivity index (χ0) is 17.7. The third kappa shape index (κ3) is 2.14. The summed E-state index contributed by atoms with van der Waals surface area (Å²) in [5, 5.41) is 1.25. The molecule has 26 heavy (non-hydrogen) atoms. The Morgan fingerprint density at radius 2 is 1.65 bits per heavy atom. The van der Waals surface area contributed by atoms with Crippen molar-refractivity contribution in [3.63, 3.8) is 0 Å². The Morgan fingerprint density at radius 3 is 2.54 bits per heavy atom. The number of para-hydroxylation sites is 2. The first-order valence-corrected chi connectivity index (χ1v) is 8.78. The molecule has 3 heteroatoms. The van der Waals surface area contributed by atoms with Gasteiger partial charge in [0.2, 0.25) is 0 Å². The van der Waals surface area contributed by atoms with Gasteiger partial charge in [-0.2, -0.15) is 0 Å². The summed E-state index contributed by atoms with van der Waals surface area (Å²) in [6.45, 7) is 2.15. The smallest absolute Gasteiger partial charge is 0.131 e. The number of aromatic nitrogens is 1. The maximum Gasteiger partial charge on any atom is 0.131 e. The maximum absolute atomic E-state index is 6.19. The summed E-state index contributed by atoms with van der Waals surface area (Å²) in [6, 6.07) is 22.8. The molecule has 3 aromatic carbocycles. The lowest BCUT2D eigenvalue weighted by molar-refractivity contribution is 0.409. The fourth-order valence-corrected chi connectivity index (χ4v) is 4.05. The van der Waals surface area contributed by atoms with Crippen molar-refractivity contribution in [2.75, 3.05) is 7.11 Å². The second-order valence-corrected chi connectivity index (χ2v) is 6.69. The van der Waals surface area contributed by atoms with Crippen LogP contribution in [0, 0.1) is 6.92 Å². The van der Waals surface area contributed by atoms with Crippen molar-refractivity contribution < 1.29 is 9.47 Å². The molecule has 2 heterocycles. The molecule has 3 nitrogen and oxygen atoms in total. The van der Waals surface area contributed by atoms with Crippen molar-refractivity contribution in [3.8, 4) is 17.2 Å². The van der Waals surface area contributed by atoms with E-state index in [4.69, 9.17) is 9.47 Å². The minimum atomic E-state index is 0.0983. The summed E-state index contributed by atoms with van der Waals surface area (Å²) in [4.78, 5) is 3.54. The summed E-state index contributed by atoms with van der Waals surface area (Å²) < 4.78 is 11.7. The Kier molecular flexibility index (Phi) is 3.29. The zero-order valence-electron chi connectivity index (χ0n) is 14.7. The second kappa shape index (κ2) is 5.67. The van der Waals surface area contributed by atoms with Gasteiger partial charge >= 0.3 is 0 Å². The van der Waals surface area contributed by atoms with Gasteiger partial charge in [0.15, 0.2) is 0 Å². The molecule has 0 radical (unpaired) electrons. The molecule has 1 unspecified atom stereocenters. The number of hydrogen-bond donors (Lipinski definition) is 1. The van der Waals surface area contributed by atoms with Gasteiger partial charge in [-0.1, -0.05) is 36.4 Å². The second-order valence-electron chi connectivity index (χ2n) is 6.69. The van der Waals surface area contributed by atoms with E-state index < -0.39 is 0 Å². The van der Waals surface area contributed by atoms with Crippen LogP contribution >= 0.6 is 0 Å². The summed E-state index contributed by atoms with van der Waals surface area (Å²) >= 11 is 0. The molecule has 0 amide bonds. The van der Waals surface area contributed by atoms with Crippen LogP contribution < -0.4 is 9.47 Å². The fourth-order valence-electron chi connectivity index (χ4n) is 4.05. The molecule has 0 saturated carbocycles. The number of methoxy groups -OCH3 is 1. The van der Waals surface area contributed by atoms with Gasteiger partial charge in [-0.15, -0.1) is 0 Å². The number of H-pyrrole nitrogens is 1. The molecule has 1 atom stereocenters. The number of fused-ring (bicyclic) bond motifs is 3. The van der Waals surface area contributed by atoms with Crippen molar-refractivity contribution in [2.45, 2.75) is 12.8 Å².